The summed E-state index contributed by atoms with van der Waals surface area (Å²) in [6.45, 7) is 5.46. The summed E-state index contributed by atoms with van der Waals surface area (Å²) in [4.78, 5) is 24.9. The smallest absolute Gasteiger partial charge is 0.267 e. The van der Waals surface area contributed by atoms with Gasteiger partial charge in [0.25, 0.3) is 5.56 Å². The number of carbonyl (C=O) groups excluding carboxylic acids is 1. The third-order valence-corrected chi connectivity index (χ3v) is 5.39. The van der Waals surface area contributed by atoms with Gasteiger partial charge in [0, 0.05) is 33.3 Å². The quantitative estimate of drug-likeness (QED) is 0.771. The van der Waals surface area contributed by atoms with Gasteiger partial charge < -0.3 is 10.4 Å². The summed E-state index contributed by atoms with van der Waals surface area (Å²) in [6.07, 6.45) is 1.01. The van der Waals surface area contributed by atoms with Crippen LogP contribution in [0.3, 0.4) is 0 Å². The van der Waals surface area contributed by atoms with Gasteiger partial charge in [0.2, 0.25) is 5.91 Å². The van der Waals surface area contributed by atoms with Crippen LogP contribution in [-0.2, 0) is 11.3 Å². The van der Waals surface area contributed by atoms with E-state index in [1.165, 1.54) is 6.07 Å². The highest BCUT2D eigenvalue weighted by molar-refractivity contribution is 6.35. The van der Waals surface area contributed by atoms with Gasteiger partial charge in [-0.3, -0.25) is 9.59 Å². The molecule has 0 bridgehead atoms. The number of nitrogens with one attached hydrogen (secondary N) is 1. The second-order valence-corrected chi connectivity index (χ2v) is 8.73. The number of rotatable bonds is 5. The molecule has 6 nitrogen and oxygen atoms in total. The Morgan fingerprint density at radius 3 is 2.61 bits per heavy atom. The monoisotopic (exact) mass is 423 g/mol. The van der Waals surface area contributed by atoms with Crippen molar-refractivity contribution in [1.29, 1.82) is 0 Å². The summed E-state index contributed by atoms with van der Waals surface area (Å²) in [6, 6.07) is 6.43. The fourth-order valence-corrected chi connectivity index (χ4v) is 3.87. The molecule has 3 rings (SSSR count). The molecule has 0 radical (unpaired) electrons. The fraction of sp³-hybridized carbons (Fsp3) is 0.450. The maximum atomic E-state index is 12.6. The van der Waals surface area contributed by atoms with Crippen molar-refractivity contribution < 1.29 is 9.90 Å². The Morgan fingerprint density at radius 1 is 1.32 bits per heavy atom. The largest absolute Gasteiger partial charge is 0.390 e. The number of nitrogens with zero attached hydrogens (tertiary/aromatic N) is 2. The third kappa shape index (κ3) is 4.57. The van der Waals surface area contributed by atoms with E-state index in [-0.39, 0.29) is 24.4 Å². The fourth-order valence-electron chi connectivity index (χ4n) is 3.48. The number of aromatic nitrogens is 2. The van der Waals surface area contributed by atoms with Crippen LogP contribution in [0.1, 0.15) is 45.2 Å². The van der Waals surface area contributed by atoms with Crippen molar-refractivity contribution in [3.8, 4) is 11.1 Å². The van der Waals surface area contributed by atoms with Crippen LogP contribution in [0.25, 0.3) is 11.1 Å². The third-order valence-electron chi connectivity index (χ3n) is 4.82. The molecule has 150 valence electrons. The first-order chi connectivity index (χ1) is 13.1. The lowest BCUT2D eigenvalue weighted by molar-refractivity contribution is -0.125. The normalized spacial score (nSPS) is 21.5. The minimum Gasteiger partial charge on any atom is -0.390 e. The van der Waals surface area contributed by atoms with E-state index in [9.17, 15) is 14.7 Å². The Hall–Kier alpha value is -1.89. The van der Waals surface area contributed by atoms with Crippen molar-refractivity contribution in [3.63, 3.8) is 0 Å². The van der Waals surface area contributed by atoms with Crippen LogP contribution >= 0.6 is 23.2 Å². The molecule has 0 aliphatic heterocycles. The van der Waals surface area contributed by atoms with E-state index < -0.39 is 11.2 Å². The average Bonchev–Trinajstić information content (AvgIpc) is 2.56. The standard InChI is InChI=1S/C20H23Cl2N3O3/c1-11(2)19-15(14-6-12(21)4-5-16(14)22)7-18(27)25(24-19)10-17(26)23-13-8-20(3,28)9-13/h4-7,11,13,28H,8-10H2,1-3H3,(H,23,26)/t13-,20-. The van der Waals surface area contributed by atoms with Gasteiger partial charge in [-0.1, -0.05) is 37.0 Å². The average molecular weight is 424 g/mol. The van der Waals surface area contributed by atoms with E-state index in [0.29, 0.717) is 39.7 Å². The van der Waals surface area contributed by atoms with E-state index >= 15 is 0 Å². The first-order valence-electron chi connectivity index (χ1n) is 9.15. The van der Waals surface area contributed by atoms with Crippen molar-refractivity contribution >= 4 is 29.1 Å². The summed E-state index contributed by atoms with van der Waals surface area (Å²) in [7, 11) is 0. The highest BCUT2D eigenvalue weighted by Gasteiger charge is 2.39. The van der Waals surface area contributed by atoms with Crippen LogP contribution in [0, 0.1) is 0 Å². The zero-order chi connectivity index (χ0) is 20.6. The predicted octanol–water partition coefficient (Wildman–Crippen LogP) is 3.37. The molecular formula is C20H23Cl2N3O3. The Balaban J connectivity index is 1.88. The van der Waals surface area contributed by atoms with E-state index in [1.54, 1.807) is 25.1 Å². The predicted molar refractivity (Wildman–Crippen MR) is 110 cm³/mol. The molecule has 1 saturated carbocycles. The molecule has 1 fully saturated rings. The summed E-state index contributed by atoms with van der Waals surface area (Å²) >= 11 is 12.4. The Kier molecular flexibility index (Phi) is 5.84. The summed E-state index contributed by atoms with van der Waals surface area (Å²) in [5, 5.41) is 18.0. The van der Waals surface area contributed by atoms with Crippen LogP contribution in [0.15, 0.2) is 29.1 Å². The number of carbonyl (C=O) groups is 1. The van der Waals surface area contributed by atoms with Gasteiger partial charge in [-0.05, 0) is 43.9 Å². The summed E-state index contributed by atoms with van der Waals surface area (Å²) < 4.78 is 1.16. The Labute approximate surface area is 173 Å². The summed E-state index contributed by atoms with van der Waals surface area (Å²) in [5.41, 5.74) is 0.778. The van der Waals surface area contributed by atoms with Crippen LogP contribution in [0.2, 0.25) is 10.0 Å². The molecule has 1 aromatic heterocycles. The number of halogens is 2. The molecule has 0 atom stereocenters. The maximum Gasteiger partial charge on any atom is 0.267 e. The van der Waals surface area contributed by atoms with Crippen molar-refractivity contribution in [2.24, 2.45) is 0 Å². The van der Waals surface area contributed by atoms with Gasteiger partial charge in [-0.15, -0.1) is 0 Å². The SMILES string of the molecule is CC(C)c1nn(CC(=O)N[C@H]2C[C@](C)(O)C2)c(=O)cc1-c1cc(Cl)ccc1Cl. The summed E-state index contributed by atoms with van der Waals surface area (Å²) in [5.74, 6) is -0.306. The molecule has 1 aromatic carbocycles. The number of aliphatic hydroxyl groups is 1. The second-order valence-electron chi connectivity index (χ2n) is 7.89. The molecule has 2 aromatic rings. The van der Waals surface area contributed by atoms with Crippen molar-refractivity contribution in [2.45, 2.75) is 57.7 Å². The lowest BCUT2D eigenvalue weighted by Gasteiger charge is -2.41. The molecule has 0 spiro atoms. The molecule has 1 amide bonds. The molecular weight excluding hydrogens is 401 g/mol. The minimum absolute atomic E-state index is 0.00156. The van der Waals surface area contributed by atoms with Gasteiger partial charge in [-0.2, -0.15) is 5.10 Å². The number of hydrogen-bond acceptors (Lipinski definition) is 4. The molecule has 1 heterocycles. The van der Waals surface area contributed by atoms with Gasteiger partial charge in [-0.25, -0.2) is 4.68 Å². The van der Waals surface area contributed by atoms with Crippen LogP contribution in [0.5, 0.6) is 0 Å². The van der Waals surface area contributed by atoms with Crippen molar-refractivity contribution in [2.75, 3.05) is 0 Å². The molecule has 2 N–H and O–H groups in total. The number of hydrogen-bond donors (Lipinski definition) is 2. The van der Waals surface area contributed by atoms with Crippen LogP contribution in [-0.4, -0.2) is 32.4 Å². The first kappa shape index (κ1) is 20.8. The number of amides is 1. The van der Waals surface area contributed by atoms with Gasteiger partial charge >= 0.3 is 0 Å². The van der Waals surface area contributed by atoms with Crippen molar-refractivity contribution in [3.05, 3.63) is 50.4 Å². The zero-order valence-electron chi connectivity index (χ0n) is 16.0. The van der Waals surface area contributed by atoms with E-state index in [1.807, 2.05) is 13.8 Å². The van der Waals surface area contributed by atoms with Crippen LogP contribution < -0.4 is 10.9 Å². The molecule has 0 saturated heterocycles. The van der Waals surface area contributed by atoms with Gasteiger partial charge in [0.05, 0.1) is 11.3 Å². The Bertz CT molecular complexity index is 962. The van der Waals surface area contributed by atoms with E-state index in [4.69, 9.17) is 23.2 Å². The van der Waals surface area contributed by atoms with Gasteiger partial charge in [0.1, 0.15) is 6.54 Å². The van der Waals surface area contributed by atoms with Crippen LogP contribution in [0.4, 0.5) is 0 Å². The first-order valence-corrected chi connectivity index (χ1v) is 9.90. The van der Waals surface area contributed by atoms with E-state index in [2.05, 4.69) is 10.4 Å². The number of benzene rings is 1. The molecule has 0 unspecified atom stereocenters. The lowest BCUT2D eigenvalue weighted by Crippen LogP contribution is -2.54. The highest BCUT2D eigenvalue weighted by Crippen LogP contribution is 2.34. The molecule has 8 heteroatoms. The van der Waals surface area contributed by atoms with Crippen molar-refractivity contribution in [1.82, 2.24) is 15.1 Å². The van der Waals surface area contributed by atoms with E-state index in [0.717, 1.165) is 4.68 Å². The maximum absolute atomic E-state index is 12.6. The zero-order valence-corrected chi connectivity index (χ0v) is 17.5. The molecule has 1 aliphatic carbocycles. The molecule has 28 heavy (non-hydrogen) atoms. The minimum atomic E-state index is -0.726. The highest BCUT2D eigenvalue weighted by atomic mass is 35.5. The lowest BCUT2D eigenvalue weighted by atomic mass is 9.77. The topological polar surface area (TPSA) is 84.2 Å². The van der Waals surface area contributed by atoms with Gasteiger partial charge in [0.15, 0.2) is 0 Å². The Morgan fingerprint density at radius 2 is 2.00 bits per heavy atom. The molecule has 1 aliphatic rings. The second kappa shape index (κ2) is 7.85.